The fourth-order valence-electron chi connectivity index (χ4n) is 1.62. The van der Waals surface area contributed by atoms with Crippen LogP contribution in [0.1, 0.15) is 25.7 Å². The Hall–Kier alpha value is -0.0800. The second-order valence-corrected chi connectivity index (χ2v) is 4.02. The number of nitrogens with one attached hydrogen (secondary N) is 1. The molecule has 2 fully saturated rings. The van der Waals surface area contributed by atoms with Crippen LogP contribution in [-0.2, 0) is 0 Å². The Balaban J connectivity index is 1.63. The molecule has 2 aliphatic rings. The lowest BCUT2D eigenvalue weighted by molar-refractivity contribution is 0.434. The summed E-state index contributed by atoms with van der Waals surface area (Å²) in [6, 6.07) is 0.850. The lowest BCUT2D eigenvalue weighted by Crippen LogP contribution is -2.30. The second kappa shape index (κ2) is 3.11. The number of rotatable bonds is 5. The first-order valence-corrected chi connectivity index (χ1v) is 4.83. The summed E-state index contributed by atoms with van der Waals surface area (Å²) in [6.45, 7) is 2.05. The molecule has 3 N–H and O–H groups in total. The summed E-state index contributed by atoms with van der Waals surface area (Å²) >= 11 is 0. The zero-order valence-corrected chi connectivity index (χ0v) is 7.05. The summed E-state index contributed by atoms with van der Waals surface area (Å²) in [5.41, 5.74) is 5.68. The molecule has 2 nitrogen and oxygen atoms in total. The van der Waals surface area contributed by atoms with Gasteiger partial charge >= 0.3 is 0 Å². The van der Waals surface area contributed by atoms with Gasteiger partial charge in [0.25, 0.3) is 0 Å². The lowest BCUT2D eigenvalue weighted by Gasteiger charge is -2.13. The Morgan fingerprint density at radius 1 is 1.27 bits per heavy atom. The van der Waals surface area contributed by atoms with Crippen molar-refractivity contribution in [2.45, 2.75) is 31.7 Å². The van der Waals surface area contributed by atoms with Gasteiger partial charge in [0.2, 0.25) is 0 Å². The van der Waals surface area contributed by atoms with E-state index in [1.807, 2.05) is 0 Å². The van der Waals surface area contributed by atoms with Crippen molar-refractivity contribution in [2.24, 2.45) is 17.6 Å². The van der Waals surface area contributed by atoms with Gasteiger partial charge in [-0.25, -0.2) is 0 Å². The highest BCUT2D eigenvalue weighted by Crippen LogP contribution is 2.36. The van der Waals surface area contributed by atoms with E-state index in [1.54, 1.807) is 0 Å². The van der Waals surface area contributed by atoms with Gasteiger partial charge in [0, 0.05) is 6.04 Å². The van der Waals surface area contributed by atoms with Crippen LogP contribution >= 0.6 is 0 Å². The highest BCUT2D eigenvalue weighted by Gasteiger charge is 2.31. The van der Waals surface area contributed by atoms with Gasteiger partial charge in [0.15, 0.2) is 0 Å². The Morgan fingerprint density at radius 3 is 2.45 bits per heavy atom. The first-order valence-electron chi connectivity index (χ1n) is 4.83. The Kier molecular flexibility index (Phi) is 2.14. The smallest absolute Gasteiger partial charge is 0.00683 e. The van der Waals surface area contributed by atoms with Gasteiger partial charge in [-0.15, -0.1) is 0 Å². The van der Waals surface area contributed by atoms with Crippen LogP contribution in [0.25, 0.3) is 0 Å². The Bertz CT molecular complexity index is 128. The van der Waals surface area contributed by atoms with Crippen molar-refractivity contribution in [3.63, 3.8) is 0 Å². The van der Waals surface area contributed by atoms with Gasteiger partial charge in [-0.05, 0) is 50.6 Å². The molecule has 2 saturated carbocycles. The average Bonchev–Trinajstić information content (AvgIpc) is 2.85. The number of hydrogen-bond acceptors (Lipinski definition) is 2. The van der Waals surface area contributed by atoms with Crippen molar-refractivity contribution in [2.75, 3.05) is 13.1 Å². The lowest BCUT2D eigenvalue weighted by atomic mass is 10.0. The third-order valence-corrected chi connectivity index (χ3v) is 2.84. The predicted molar refractivity (Wildman–Crippen MR) is 46.3 cm³/mol. The van der Waals surface area contributed by atoms with Gasteiger partial charge in [-0.3, -0.25) is 0 Å². The quantitative estimate of drug-likeness (QED) is 0.612. The summed E-state index contributed by atoms with van der Waals surface area (Å²) in [5, 5.41) is 3.55. The summed E-state index contributed by atoms with van der Waals surface area (Å²) in [7, 11) is 0. The van der Waals surface area contributed by atoms with Crippen LogP contribution in [0.15, 0.2) is 0 Å². The molecule has 0 bridgehead atoms. The molecule has 11 heavy (non-hydrogen) atoms. The van der Waals surface area contributed by atoms with E-state index in [-0.39, 0.29) is 0 Å². The van der Waals surface area contributed by atoms with Crippen LogP contribution < -0.4 is 11.1 Å². The zero-order valence-electron chi connectivity index (χ0n) is 7.05. The standard InChI is InChI=1S/C9H18N2/c10-5-8(7-1-2-7)6-11-9-3-4-9/h7-9,11H,1-6,10H2. The van der Waals surface area contributed by atoms with Crippen molar-refractivity contribution >= 4 is 0 Å². The van der Waals surface area contributed by atoms with Gasteiger partial charge in [0.1, 0.15) is 0 Å². The monoisotopic (exact) mass is 154 g/mol. The summed E-state index contributed by atoms with van der Waals surface area (Å²) < 4.78 is 0. The van der Waals surface area contributed by atoms with E-state index in [0.29, 0.717) is 0 Å². The topological polar surface area (TPSA) is 38.0 Å². The zero-order chi connectivity index (χ0) is 7.68. The number of nitrogens with two attached hydrogens (primary N) is 1. The average molecular weight is 154 g/mol. The molecule has 0 heterocycles. The highest BCUT2D eigenvalue weighted by atomic mass is 15.0. The van der Waals surface area contributed by atoms with Gasteiger partial charge in [0.05, 0.1) is 0 Å². The Morgan fingerprint density at radius 2 is 2.00 bits per heavy atom. The fraction of sp³-hybridized carbons (Fsp3) is 1.00. The van der Waals surface area contributed by atoms with E-state index < -0.39 is 0 Å². The summed E-state index contributed by atoms with van der Waals surface area (Å²) in [4.78, 5) is 0. The molecule has 0 aromatic rings. The molecule has 1 atom stereocenters. The summed E-state index contributed by atoms with van der Waals surface area (Å²) in [5.74, 6) is 1.74. The second-order valence-electron chi connectivity index (χ2n) is 4.02. The van der Waals surface area contributed by atoms with Crippen molar-refractivity contribution in [1.29, 1.82) is 0 Å². The molecule has 0 saturated heterocycles. The van der Waals surface area contributed by atoms with E-state index in [4.69, 9.17) is 5.73 Å². The van der Waals surface area contributed by atoms with Gasteiger partial charge in [-0.1, -0.05) is 0 Å². The largest absolute Gasteiger partial charge is 0.330 e. The van der Waals surface area contributed by atoms with Crippen molar-refractivity contribution in [3.05, 3.63) is 0 Å². The van der Waals surface area contributed by atoms with Crippen molar-refractivity contribution in [3.8, 4) is 0 Å². The first kappa shape index (κ1) is 7.56. The molecule has 0 amide bonds. The third-order valence-electron chi connectivity index (χ3n) is 2.84. The normalized spacial score (nSPS) is 27.0. The third kappa shape index (κ3) is 2.17. The minimum absolute atomic E-state index is 0.774. The van der Waals surface area contributed by atoms with Gasteiger partial charge < -0.3 is 11.1 Å². The maximum Gasteiger partial charge on any atom is 0.00683 e. The molecule has 0 radical (unpaired) electrons. The minimum atomic E-state index is 0.774. The molecule has 2 rings (SSSR count). The maximum atomic E-state index is 5.68. The fourth-order valence-corrected chi connectivity index (χ4v) is 1.62. The molecule has 2 aliphatic carbocycles. The molecule has 0 spiro atoms. The maximum absolute atomic E-state index is 5.68. The molecule has 0 aromatic carbocycles. The first-order chi connectivity index (χ1) is 5.40. The molecule has 0 aromatic heterocycles. The van der Waals surface area contributed by atoms with Crippen LogP contribution in [0, 0.1) is 11.8 Å². The highest BCUT2D eigenvalue weighted by molar-refractivity contribution is 4.87. The van der Waals surface area contributed by atoms with E-state index in [2.05, 4.69) is 5.32 Å². The van der Waals surface area contributed by atoms with Crippen LogP contribution in [0.5, 0.6) is 0 Å². The van der Waals surface area contributed by atoms with Gasteiger partial charge in [-0.2, -0.15) is 0 Å². The molecule has 64 valence electrons. The van der Waals surface area contributed by atoms with E-state index in [1.165, 1.54) is 32.2 Å². The molecular weight excluding hydrogens is 136 g/mol. The van der Waals surface area contributed by atoms with Crippen LogP contribution in [0.2, 0.25) is 0 Å². The summed E-state index contributed by atoms with van der Waals surface area (Å²) in [6.07, 6.45) is 5.63. The van der Waals surface area contributed by atoms with Crippen molar-refractivity contribution in [1.82, 2.24) is 5.32 Å². The predicted octanol–water partition coefficient (Wildman–Crippen LogP) is 0.723. The van der Waals surface area contributed by atoms with E-state index >= 15 is 0 Å². The van der Waals surface area contributed by atoms with E-state index in [0.717, 1.165) is 24.4 Å². The number of hydrogen-bond donors (Lipinski definition) is 2. The molecule has 1 unspecified atom stereocenters. The Labute approximate surface area is 68.5 Å². The van der Waals surface area contributed by atoms with Crippen molar-refractivity contribution < 1.29 is 0 Å². The minimum Gasteiger partial charge on any atom is -0.330 e. The van der Waals surface area contributed by atoms with Crippen LogP contribution in [0.4, 0.5) is 0 Å². The van der Waals surface area contributed by atoms with E-state index in [9.17, 15) is 0 Å². The molecule has 2 heteroatoms. The molecule has 0 aliphatic heterocycles. The molecular formula is C9H18N2. The SMILES string of the molecule is NCC(CNC1CC1)C1CC1. The van der Waals surface area contributed by atoms with Crippen LogP contribution in [0.3, 0.4) is 0 Å². The van der Waals surface area contributed by atoms with Crippen LogP contribution in [-0.4, -0.2) is 19.1 Å².